The van der Waals surface area contributed by atoms with Crippen molar-refractivity contribution in [2.24, 2.45) is 5.92 Å². The maximum atomic E-state index is 12.4. The predicted molar refractivity (Wildman–Crippen MR) is 103 cm³/mol. The average Bonchev–Trinajstić information content (AvgIpc) is 3.15. The summed E-state index contributed by atoms with van der Waals surface area (Å²) in [4.78, 5) is 25.9. The molecule has 1 aliphatic carbocycles. The van der Waals surface area contributed by atoms with Crippen LogP contribution in [0.4, 0.5) is 5.00 Å². The molecule has 1 N–H and O–H groups in total. The molecular weight excluding hydrogens is 350 g/mol. The minimum absolute atomic E-state index is 0.295. The lowest BCUT2D eigenvalue weighted by Crippen LogP contribution is -2.15. The van der Waals surface area contributed by atoms with Crippen molar-refractivity contribution in [2.45, 2.75) is 40.0 Å². The Balaban J connectivity index is 1.83. The van der Waals surface area contributed by atoms with E-state index in [0.717, 1.165) is 30.6 Å². The topological polar surface area (TPSA) is 68.5 Å². The van der Waals surface area contributed by atoms with Crippen LogP contribution in [0.15, 0.2) is 22.6 Å². The summed E-state index contributed by atoms with van der Waals surface area (Å²) >= 11 is 1.48. The Hall–Kier alpha value is -2.34. The molecule has 26 heavy (non-hydrogen) atoms. The summed E-state index contributed by atoms with van der Waals surface area (Å²) in [7, 11) is 0. The highest BCUT2D eigenvalue weighted by molar-refractivity contribution is 7.17. The molecule has 5 nitrogen and oxygen atoms in total. The van der Waals surface area contributed by atoms with Crippen LogP contribution in [0, 0.1) is 12.8 Å². The van der Waals surface area contributed by atoms with Gasteiger partial charge in [-0.05, 0) is 62.8 Å². The second-order valence-electron chi connectivity index (χ2n) is 6.55. The van der Waals surface area contributed by atoms with E-state index >= 15 is 0 Å². The third-order valence-electron chi connectivity index (χ3n) is 4.39. The SMILES string of the molecule is CCOC(=O)c1c(NC(=O)/C=C/c2ccc(C)o2)sc2c1CC[C@H](C)C2. The van der Waals surface area contributed by atoms with Crippen LogP contribution in [0.3, 0.4) is 0 Å². The van der Waals surface area contributed by atoms with E-state index < -0.39 is 0 Å². The van der Waals surface area contributed by atoms with E-state index in [-0.39, 0.29) is 11.9 Å². The molecule has 1 aliphatic rings. The molecule has 2 heterocycles. The van der Waals surface area contributed by atoms with Crippen LogP contribution in [-0.4, -0.2) is 18.5 Å². The van der Waals surface area contributed by atoms with E-state index in [4.69, 9.17) is 9.15 Å². The summed E-state index contributed by atoms with van der Waals surface area (Å²) < 4.78 is 10.6. The molecule has 0 fully saturated rings. The molecule has 0 aliphatic heterocycles. The van der Waals surface area contributed by atoms with Crippen LogP contribution in [0.5, 0.6) is 0 Å². The second kappa shape index (κ2) is 7.91. The van der Waals surface area contributed by atoms with Gasteiger partial charge in [-0.15, -0.1) is 11.3 Å². The third-order valence-corrected chi connectivity index (χ3v) is 5.56. The van der Waals surface area contributed by atoms with Crippen LogP contribution in [-0.2, 0) is 22.4 Å². The molecule has 0 unspecified atom stereocenters. The molecule has 0 aromatic carbocycles. The molecule has 0 saturated heterocycles. The Morgan fingerprint density at radius 2 is 2.23 bits per heavy atom. The molecule has 0 saturated carbocycles. The maximum absolute atomic E-state index is 12.4. The molecule has 0 bridgehead atoms. The van der Waals surface area contributed by atoms with Gasteiger partial charge in [-0.1, -0.05) is 6.92 Å². The number of ether oxygens (including phenoxy) is 1. The molecule has 0 spiro atoms. The summed E-state index contributed by atoms with van der Waals surface area (Å²) in [5.41, 5.74) is 1.56. The first-order valence-corrected chi connectivity index (χ1v) is 9.66. The third kappa shape index (κ3) is 4.07. The molecule has 6 heteroatoms. The highest BCUT2D eigenvalue weighted by atomic mass is 32.1. The number of fused-ring (bicyclic) bond motifs is 1. The van der Waals surface area contributed by atoms with Gasteiger partial charge in [0.2, 0.25) is 5.91 Å². The van der Waals surface area contributed by atoms with Gasteiger partial charge in [0.25, 0.3) is 0 Å². The highest BCUT2D eigenvalue weighted by Crippen LogP contribution is 2.40. The number of hydrogen-bond donors (Lipinski definition) is 1. The lowest BCUT2D eigenvalue weighted by molar-refractivity contribution is -0.111. The van der Waals surface area contributed by atoms with Gasteiger partial charge in [0.1, 0.15) is 16.5 Å². The van der Waals surface area contributed by atoms with Crippen LogP contribution < -0.4 is 5.32 Å². The van der Waals surface area contributed by atoms with Gasteiger partial charge in [0.05, 0.1) is 12.2 Å². The molecule has 0 radical (unpaired) electrons. The Kier molecular flexibility index (Phi) is 5.61. The van der Waals surface area contributed by atoms with Crippen molar-refractivity contribution in [1.29, 1.82) is 0 Å². The fraction of sp³-hybridized carbons (Fsp3) is 0.400. The van der Waals surface area contributed by atoms with E-state index in [0.29, 0.717) is 28.8 Å². The Bertz CT molecular complexity index is 846. The first-order valence-electron chi connectivity index (χ1n) is 8.85. The largest absolute Gasteiger partial charge is 0.462 e. The van der Waals surface area contributed by atoms with Crippen molar-refractivity contribution < 1.29 is 18.7 Å². The number of furan rings is 1. The summed E-state index contributed by atoms with van der Waals surface area (Å²) in [5, 5.41) is 3.43. The van der Waals surface area contributed by atoms with Gasteiger partial charge in [-0.25, -0.2) is 4.79 Å². The Morgan fingerprint density at radius 3 is 2.92 bits per heavy atom. The number of rotatable bonds is 5. The lowest BCUT2D eigenvalue weighted by atomic mass is 9.88. The molecule has 1 amide bonds. The summed E-state index contributed by atoms with van der Waals surface area (Å²) in [6, 6.07) is 3.64. The number of hydrogen-bond acceptors (Lipinski definition) is 5. The quantitative estimate of drug-likeness (QED) is 0.614. The smallest absolute Gasteiger partial charge is 0.341 e. The van der Waals surface area contributed by atoms with Gasteiger partial charge in [-0.2, -0.15) is 0 Å². The first-order chi connectivity index (χ1) is 12.5. The number of amides is 1. The zero-order valence-electron chi connectivity index (χ0n) is 15.3. The molecule has 2 aromatic heterocycles. The summed E-state index contributed by atoms with van der Waals surface area (Å²) in [5.74, 6) is 1.33. The van der Waals surface area contributed by atoms with Crippen LogP contribution in [0.2, 0.25) is 0 Å². The second-order valence-corrected chi connectivity index (χ2v) is 7.65. The average molecular weight is 373 g/mol. The minimum atomic E-state index is -0.361. The molecule has 3 rings (SSSR count). The predicted octanol–water partition coefficient (Wildman–Crippen LogP) is 4.60. The maximum Gasteiger partial charge on any atom is 0.341 e. The Morgan fingerprint density at radius 1 is 1.42 bits per heavy atom. The molecule has 1 atom stereocenters. The highest BCUT2D eigenvalue weighted by Gasteiger charge is 2.28. The van der Waals surface area contributed by atoms with Gasteiger partial charge < -0.3 is 14.5 Å². The standard InChI is InChI=1S/C20H23NO4S/c1-4-24-20(23)18-15-9-5-12(2)11-16(15)26-19(18)21-17(22)10-8-14-7-6-13(3)25-14/h6-8,10,12H,4-5,9,11H2,1-3H3,(H,21,22)/b10-8+/t12-/m0/s1. The Labute approximate surface area is 157 Å². The van der Waals surface area contributed by atoms with E-state index in [2.05, 4.69) is 12.2 Å². The van der Waals surface area contributed by atoms with E-state index in [9.17, 15) is 9.59 Å². The van der Waals surface area contributed by atoms with Crippen molar-refractivity contribution in [1.82, 2.24) is 0 Å². The monoisotopic (exact) mass is 373 g/mol. The number of aryl methyl sites for hydroxylation is 1. The number of nitrogens with one attached hydrogen (secondary N) is 1. The fourth-order valence-electron chi connectivity index (χ4n) is 3.11. The zero-order chi connectivity index (χ0) is 18.7. The molecule has 2 aromatic rings. The summed E-state index contributed by atoms with van der Waals surface area (Å²) in [6.07, 6.45) is 5.85. The van der Waals surface area contributed by atoms with Crippen molar-refractivity contribution >= 4 is 34.3 Å². The number of carbonyl (C=O) groups excluding carboxylic acids is 2. The first kappa shape index (κ1) is 18.5. The summed E-state index contributed by atoms with van der Waals surface area (Å²) in [6.45, 7) is 6.15. The van der Waals surface area contributed by atoms with Crippen LogP contribution in [0.25, 0.3) is 6.08 Å². The number of esters is 1. The number of thiophene rings is 1. The number of carbonyl (C=O) groups is 2. The molecule has 138 valence electrons. The zero-order valence-corrected chi connectivity index (χ0v) is 16.1. The number of anilines is 1. The van der Waals surface area contributed by atoms with Gasteiger partial charge in [-0.3, -0.25) is 4.79 Å². The van der Waals surface area contributed by atoms with Crippen molar-refractivity contribution in [3.63, 3.8) is 0 Å². The van der Waals surface area contributed by atoms with E-state index in [1.54, 1.807) is 19.1 Å². The van der Waals surface area contributed by atoms with E-state index in [1.807, 2.05) is 13.0 Å². The van der Waals surface area contributed by atoms with Gasteiger partial charge in [0, 0.05) is 11.0 Å². The van der Waals surface area contributed by atoms with Gasteiger partial charge in [0.15, 0.2) is 0 Å². The normalized spacial score (nSPS) is 16.5. The van der Waals surface area contributed by atoms with Crippen molar-refractivity contribution in [3.8, 4) is 0 Å². The van der Waals surface area contributed by atoms with Crippen molar-refractivity contribution in [3.05, 3.63) is 45.7 Å². The van der Waals surface area contributed by atoms with Gasteiger partial charge >= 0.3 is 5.97 Å². The van der Waals surface area contributed by atoms with Crippen molar-refractivity contribution in [2.75, 3.05) is 11.9 Å². The minimum Gasteiger partial charge on any atom is -0.462 e. The van der Waals surface area contributed by atoms with E-state index in [1.165, 1.54) is 22.3 Å². The fourth-order valence-corrected chi connectivity index (χ4v) is 4.51. The van der Waals surface area contributed by atoms with Crippen LogP contribution in [0.1, 0.15) is 52.6 Å². The van der Waals surface area contributed by atoms with Crippen LogP contribution >= 0.6 is 11.3 Å². The molecular formula is C20H23NO4S. The lowest BCUT2D eigenvalue weighted by Gasteiger charge is -2.18.